The van der Waals surface area contributed by atoms with Crippen LogP contribution in [0.15, 0.2) is 11.1 Å². The quantitative estimate of drug-likeness (QED) is 0.618. The number of Topliss-reactive ketones (excluding diaryl/α,β-unsaturated/α-hetero) is 1. The molecule has 0 bridgehead atoms. The van der Waals surface area contributed by atoms with E-state index in [1.54, 1.807) is 0 Å². The Bertz CT molecular complexity index is 326. The average Bonchev–Trinajstić information content (AvgIpc) is 1.97. The topological polar surface area (TPSA) is 17.1 Å². The van der Waals surface area contributed by atoms with Crippen LogP contribution in [-0.4, -0.2) is 5.78 Å². The molecule has 0 atom stereocenters. The highest BCUT2D eigenvalue weighted by atomic mass is 16.1. The van der Waals surface area contributed by atoms with Gasteiger partial charge in [-0.05, 0) is 30.3 Å². The highest BCUT2D eigenvalue weighted by Gasteiger charge is 2.43. The van der Waals surface area contributed by atoms with Gasteiger partial charge >= 0.3 is 0 Å². The van der Waals surface area contributed by atoms with E-state index in [1.165, 1.54) is 0 Å². The van der Waals surface area contributed by atoms with Crippen LogP contribution in [0.4, 0.5) is 0 Å². The molecule has 0 aliphatic rings. The minimum absolute atomic E-state index is 0.0317. The SMILES string of the molecule is CC(C)=C(C(=O)C(C)(C)C(C)(C)C)C(C)(C)C. The predicted octanol–water partition coefficient (Wildman–Crippen LogP) is 5.01. The Morgan fingerprint density at radius 2 is 1.12 bits per heavy atom. The summed E-state index contributed by atoms with van der Waals surface area (Å²) in [5, 5.41) is 0. The molecule has 0 saturated heterocycles. The minimum atomic E-state index is -0.340. The number of hydrogen-bond acceptors (Lipinski definition) is 1. The number of carbonyl (C=O) groups is 1. The summed E-state index contributed by atoms with van der Waals surface area (Å²) in [6, 6.07) is 0. The van der Waals surface area contributed by atoms with Gasteiger partial charge in [0.05, 0.1) is 0 Å². The molecule has 0 saturated carbocycles. The first-order valence-electron chi connectivity index (χ1n) is 6.45. The molecule has 0 aromatic rings. The van der Waals surface area contributed by atoms with Crippen LogP contribution < -0.4 is 0 Å². The third-order valence-electron chi connectivity index (χ3n) is 3.92. The van der Waals surface area contributed by atoms with Crippen LogP contribution in [-0.2, 0) is 4.79 Å². The zero-order chi connectivity index (χ0) is 14.2. The van der Waals surface area contributed by atoms with E-state index in [-0.39, 0.29) is 22.0 Å². The fourth-order valence-corrected chi connectivity index (χ4v) is 1.97. The van der Waals surface area contributed by atoms with E-state index in [2.05, 4.69) is 55.4 Å². The van der Waals surface area contributed by atoms with Crippen molar-refractivity contribution in [3.63, 3.8) is 0 Å². The number of hydrogen-bond donors (Lipinski definition) is 0. The lowest BCUT2D eigenvalue weighted by atomic mass is 9.62. The number of rotatable bonds is 2. The highest BCUT2D eigenvalue weighted by molar-refractivity contribution is 6.01. The largest absolute Gasteiger partial charge is 0.294 e. The molecular weight excluding hydrogens is 208 g/mol. The first kappa shape index (κ1) is 16.4. The smallest absolute Gasteiger partial charge is 0.165 e. The minimum Gasteiger partial charge on any atom is -0.294 e. The molecule has 17 heavy (non-hydrogen) atoms. The summed E-state index contributed by atoms with van der Waals surface area (Å²) in [6.45, 7) is 21.0. The molecule has 0 heterocycles. The first-order chi connectivity index (χ1) is 7.23. The Hall–Kier alpha value is -0.590. The van der Waals surface area contributed by atoms with Crippen molar-refractivity contribution in [2.45, 2.75) is 69.2 Å². The van der Waals surface area contributed by atoms with E-state index < -0.39 is 0 Å². The van der Waals surface area contributed by atoms with Crippen LogP contribution >= 0.6 is 0 Å². The monoisotopic (exact) mass is 238 g/mol. The summed E-state index contributed by atoms with van der Waals surface area (Å²) in [4.78, 5) is 12.8. The lowest BCUT2D eigenvalue weighted by molar-refractivity contribution is -0.129. The molecule has 100 valence electrons. The molecule has 0 aromatic heterocycles. The number of ketones is 1. The van der Waals surface area contributed by atoms with Gasteiger partial charge in [0, 0.05) is 5.41 Å². The van der Waals surface area contributed by atoms with E-state index in [1.807, 2.05) is 13.8 Å². The Morgan fingerprint density at radius 3 is 1.29 bits per heavy atom. The van der Waals surface area contributed by atoms with Crippen molar-refractivity contribution >= 4 is 5.78 Å². The second kappa shape index (κ2) is 4.59. The molecule has 0 radical (unpaired) electrons. The van der Waals surface area contributed by atoms with Gasteiger partial charge in [-0.25, -0.2) is 0 Å². The van der Waals surface area contributed by atoms with Gasteiger partial charge in [-0.3, -0.25) is 4.79 Å². The van der Waals surface area contributed by atoms with Gasteiger partial charge in [-0.2, -0.15) is 0 Å². The van der Waals surface area contributed by atoms with E-state index in [0.29, 0.717) is 0 Å². The Morgan fingerprint density at radius 1 is 0.765 bits per heavy atom. The Labute approximate surface area is 108 Å². The van der Waals surface area contributed by atoms with Crippen LogP contribution in [0.3, 0.4) is 0 Å². The molecule has 0 aliphatic carbocycles. The molecule has 0 aliphatic heterocycles. The second-order valence-electron chi connectivity index (χ2n) is 7.83. The summed E-state index contributed by atoms with van der Waals surface area (Å²) >= 11 is 0. The van der Waals surface area contributed by atoms with Crippen LogP contribution in [0.2, 0.25) is 0 Å². The van der Waals surface area contributed by atoms with Crippen LogP contribution in [0, 0.1) is 16.2 Å². The number of allylic oxidation sites excluding steroid dienone is 2. The number of carbonyl (C=O) groups excluding carboxylic acids is 1. The van der Waals surface area contributed by atoms with Gasteiger partial charge in [-0.15, -0.1) is 0 Å². The van der Waals surface area contributed by atoms with Crippen molar-refractivity contribution in [2.24, 2.45) is 16.2 Å². The zero-order valence-corrected chi connectivity index (χ0v) is 13.4. The first-order valence-corrected chi connectivity index (χ1v) is 6.45. The lowest BCUT2D eigenvalue weighted by Crippen LogP contribution is -2.41. The van der Waals surface area contributed by atoms with E-state index in [0.717, 1.165) is 11.1 Å². The Kier molecular flexibility index (Phi) is 4.43. The van der Waals surface area contributed by atoms with E-state index in [9.17, 15) is 4.79 Å². The molecule has 1 nitrogen and oxygen atoms in total. The van der Waals surface area contributed by atoms with Gasteiger partial charge in [0.15, 0.2) is 5.78 Å². The normalized spacial score (nSPS) is 13.5. The Balaban J connectivity index is 5.68. The van der Waals surface area contributed by atoms with Crippen molar-refractivity contribution in [3.05, 3.63) is 11.1 Å². The summed E-state index contributed by atoms with van der Waals surface area (Å²) < 4.78 is 0. The molecule has 0 amide bonds. The molecular formula is C16H30O. The van der Waals surface area contributed by atoms with Gasteiger partial charge in [0.2, 0.25) is 0 Å². The second-order valence-corrected chi connectivity index (χ2v) is 7.83. The van der Waals surface area contributed by atoms with Gasteiger partial charge in [0.25, 0.3) is 0 Å². The maximum atomic E-state index is 12.8. The van der Waals surface area contributed by atoms with Gasteiger partial charge in [-0.1, -0.05) is 61.0 Å². The molecule has 0 aromatic carbocycles. The fraction of sp³-hybridized carbons (Fsp3) is 0.812. The average molecular weight is 238 g/mol. The predicted molar refractivity (Wildman–Crippen MR) is 76.1 cm³/mol. The van der Waals surface area contributed by atoms with Crippen LogP contribution in [0.1, 0.15) is 69.2 Å². The van der Waals surface area contributed by atoms with Crippen molar-refractivity contribution < 1.29 is 4.79 Å². The van der Waals surface area contributed by atoms with Crippen molar-refractivity contribution in [2.75, 3.05) is 0 Å². The fourth-order valence-electron chi connectivity index (χ4n) is 1.97. The lowest BCUT2D eigenvalue weighted by Gasteiger charge is -2.40. The van der Waals surface area contributed by atoms with Crippen molar-refractivity contribution in [1.82, 2.24) is 0 Å². The molecule has 1 heteroatoms. The molecule has 0 N–H and O–H groups in total. The van der Waals surface area contributed by atoms with Crippen LogP contribution in [0.5, 0.6) is 0 Å². The van der Waals surface area contributed by atoms with Gasteiger partial charge < -0.3 is 0 Å². The van der Waals surface area contributed by atoms with E-state index in [4.69, 9.17) is 0 Å². The maximum absolute atomic E-state index is 12.8. The summed E-state index contributed by atoms with van der Waals surface area (Å²) in [7, 11) is 0. The van der Waals surface area contributed by atoms with Crippen LogP contribution in [0.25, 0.3) is 0 Å². The summed E-state index contributed by atoms with van der Waals surface area (Å²) in [5.41, 5.74) is 1.67. The molecule has 0 spiro atoms. The van der Waals surface area contributed by atoms with Crippen molar-refractivity contribution in [3.8, 4) is 0 Å². The third kappa shape index (κ3) is 3.43. The van der Waals surface area contributed by atoms with Gasteiger partial charge in [0.1, 0.15) is 0 Å². The van der Waals surface area contributed by atoms with Crippen molar-refractivity contribution in [1.29, 1.82) is 0 Å². The van der Waals surface area contributed by atoms with E-state index >= 15 is 0 Å². The zero-order valence-electron chi connectivity index (χ0n) is 13.4. The molecule has 0 fully saturated rings. The third-order valence-corrected chi connectivity index (χ3v) is 3.92. The highest BCUT2D eigenvalue weighted by Crippen LogP contribution is 2.44. The summed E-state index contributed by atoms with van der Waals surface area (Å²) in [6.07, 6.45) is 0. The standard InChI is InChI=1S/C16H30O/c1-11(2)12(14(3,4)5)13(17)16(9,10)15(6,7)8/h1-10H3. The molecule has 0 rings (SSSR count). The maximum Gasteiger partial charge on any atom is 0.165 e. The summed E-state index contributed by atoms with van der Waals surface area (Å²) in [5.74, 6) is 0.289. The molecule has 0 unspecified atom stereocenters.